The maximum atomic E-state index is 12.3. The van der Waals surface area contributed by atoms with Gasteiger partial charge in [0.05, 0.1) is 12.8 Å². The Labute approximate surface area is 153 Å². The molecule has 1 aromatic heterocycles. The van der Waals surface area contributed by atoms with Crippen molar-refractivity contribution in [2.75, 3.05) is 30.9 Å². The Kier molecular flexibility index (Phi) is 4.51. The second kappa shape index (κ2) is 6.96. The van der Waals surface area contributed by atoms with Gasteiger partial charge in [-0.2, -0.15) is 0 Å². The van der Waals surface area contributed by atoms with Crippen molar-refractivity contribution in [3.8, 4) is 5.75 Å². The first-order valence-corrected chi connectivity index (χ1v) is 9.02. The van der Waals surface area contributed by atoms with E-state index >= 15 is 0 Å². The number of methoxy groups -OCH3 is 1. The Bertz CT molecular complexity index is 806. The molecule has 26 heavy (non-hydrogen) atoms. The van der Waals surface area contributed by atoms with Gasteiger partial charge < -0.3 is 15.0 Å². The Morgan fingerprint density at radius 3 is 2.81 bits per heavy atom. The Balaban J connectivity index is 1.45. The summed E-state index contributed by atoms with van der Waals surface area (Å²) in [6.45, 7) is 2.52. The number of ether oxygens (including phenoxy) is 1. The van der Waals surface area contributed by atoms with Gasteiger partial charge in [-0.25, -0.2) is 4.98 Å². The fourth-order valence-electron chi connectivity index (χ4n) is 3.83. The van der Waals surface area contributed by atoms with E-state index in [2.05, 4.69) is 45.3 Å². The van der Waals surface area contributed by atoms with Crippen LogP contribution in [0.4, 0.5) is 11.5 Å². The first-order valence-electron chi connectivity index (χ1n) is 9.02. The molecule has 0 unspecified atom stereocenters. The molecule has 0 radical (unpaired) electrons. The molecule has 0 saturated carbocycles. The molecule has 2 aromatic rings. The van der Waals surface area contributed by atoms with Gasteiger partial charge in [0, 0.05) is 25.8 Å². The monoisotopic (exact) mass is 352 g/mol. The van der Waals surface area contributed by atoms with Gasteiger partial charge in [-0.05, 0) is 49.2 Å². The SMILES string of the molecule is COc1ccc(CN(C)Cc2cnc3c(c2)NC(=O)[C@@H]2CCCN32)cc1. The van der Waals surface area contributed by atoms with Crippen molar-refractivity contribution in [2.45, 2.75) is 32.0 Å². The van der Waals surface area contributed by atoms with Gasteiger partial charge in [-0.1, -0.05) is 12.1 Å². The molecular formula is C20H24N4O2. The van der Waals surface area contributed by atoms with Crippen LogP contribution in [0.15, 0.2) is 36.5 Å². The van der Waals surface area contributed by atoms with E-state index in [4.69, 9.17) is 4.74 Å². The van der Waals surface area contributed by atoms with Crippen LogP contribution in [0.5, 0.6) is 5.75 Å². The van der Waals surface area contributed by atoms with Gasteiger partial charge in [0.1, 0.15) is 11.8 Å². The van der Waals surface area contributed by atoms with Gasteiger partial charge >= 0.3 is 0 Å². The quantitative estimate of drug-likeness (QED) is 0.896. The highest BCUT2D eigenvalue weighted by atomic mass is 16.5. The van der Waals surface area contributed by atoms with Crippen LogP contribution in [0.25, 0.3) is 0 Å². The number of rotatable bonds is 5. The Morgan fingerprint density at radius 1 is 1.27 bits per heavy atom. The molecule has 3 heterocycles. The zero-order chi connectivity index (χ0) is 18.1. The number of nitrogens with zero attached hydrogens (tertiary/aromatic N) is 3. The molecule has 1 amide bonds. The number of benzene rings is 1. The van der Waals surface area contributed by atoms with Crippen molar-refractivity contribution < 1.29 is 9.53 Å². The van der Waals surface area contributed by atoms with Crippen LogP contribution >= 0.6 is 0 Å². The molecule has 0 aliphatic carbocycles. The van der Waals surface area contributed by atoms with E-state index in [1.807, 2.05) is 18.3 Å². The highest BCUT2D eigenvalue weighted by Crippen LogP contribution is 2.35. The van der Waals surface area contributed by atoms with Crippen LogP contribution in [0.2, 0.25) is 0 Å². The lowest BCUT2D eigenvalue weighted by Gasteiger charge is -2.32. The average molecular weight is 352 g/mol. The molecule has 1 fully saturated rings. The fraction of sp³-hybridized carbons (Fsp3) is 0.400. The minimum Gasteiger partial charge on any atom is -0.497 e. The van der Waals surface area contributed by atoms with E-state index in [1.54, 1.807) is 7.11 Å². The van der Waals surface area contributed by atoms with Gasteiger partial charge in [0.15, 0.2) is 5.82 Å². The van der Waals surface area contributed by atoms with Gasteiger partial charge in [-0.3, -0.25) is 9.69 Å². The van der Waals surface area contributed by atoms with E-state index in [-0.39, 0.29) is 11.9 Å². The van der Waals surface area contributed by atoms with Crippen molar-refractivity contribution >= 4 is 17.4 Å². The summed E-state index contributed by atoms with van der Waals surface area (Å²) in [7, 11) is 3.76. The molecule has 1 aromatic carbocycles. The molecule has 1 N–H and O–H groups in total. The summed E-state index contributed by atoms with van der Waals surface area (Å²) in [4.78, 5) is 21.3. The Morgan fingerprint density at radius 2 is 2.04 bits per heavy atom. The maximum Gasteiger partial charge on any atom is 0.247 e. The number of carbonyl (C=O) groups is 1. The van der Waals surface area contributed by atoms with Gasteiger partial charge in [0.2, 0.25) is 5.91 Å². The molecule has 1 saturated heterocycles. The highest BCUT2D eigenvalue weighted by molar-refractivity contribution is 6.03. The largest absolute Gasteiger partial charge is 0.497 e. The van der Waals surface area contributed by atoms with Crippen LogP contribution in [0, 0.1) is 0 Å². The fourth-order valence-corrected chi connectivity index (χ4v) is 3.83. The molecule has 4 rings (SSSR count). The molecule has 1 atom stereocenters. The average Bonchev–Trinajstić information content (AvgIpc) is 3.13. The predicted octanol–water partition coefficient (Wildman–Crippen LogP) is 2.64. The Hall–Kier alpha value is -2.60. The van der Waals surface area contributed by atoms with Gasteiger partial charge in [-0.15, -0.1) is 0 Å². The maximum absolute atomic E-state index is 12.3. The lowest BCUT2D eigenvalue weighted by atomic mass is 10.1. The number of pyridine rings is 1. The summed E-state index contributed by atoms with van der Waals surface area (Å²) >= 11 is 0. The van der Waals surface area contributed by atoms with E-state index < -0.39 is 0 Å². The van der Waals surface area contributed by atoms with Crippen molar-refractivity contribution in [1.82, 2.24) is 9.88 Å². The molecule has 2 aliphatic rings. The molecule has 2 aliphatic heterocycles. The van der Waals surface area contributed by atoms with Crippen molar-refractivity contribution in [1.29, 1.82) is 0 Å². The first kappa shape index (κ1) is 16.8. The predicted molar refractivity (Wildman–Crippen MR) is 101 cm³/mol. The molecular weight excluding hydrogens is 328 g/mol. The number of hydrogen-bond donors (Lipinski definition) is 1. The third kappa shape index (κ3) is 3.24. The smallest absolute Gasteiger partial charge is 0.247 e. The third-order valence-electron chi connectivity index (χ3n) is 5.07. The number of carbonyl (C=O) groups excluding carboxylic acids is 1. The number of aromatic nitrogens is 1. The second-order valence-corrected chi connectivity index (χ2v) is 7.08. The number of amides is 1. The number of hydrogen-bond acceptors (Lipinski definition) is 5. The third-order valence-corrected chi connectivity index (χ3v) is 5.07. The van der Waals surface area contributed by atoms with Crippen LogP contribution < -0.4 is 15.0 Å². The van der Waals surface area contributed by atoms with Crippen molar-refractivity contribution in [2.24, 2.45) is 0 Å². The normalized spacial score (nSPS) is 18.5. The zero-order valence-electron chi connectivity index (χ0n) is 15.2. The van der Waals surface area contributed by atoms with Crippen LogP contribution in [0.3, 0.4) is 0 Å². The summed E-state index contributed by atoms with van der Waals surface area (Å²) in [5.41, 5.74) is 3.16. The standard InChI is InChI=1S/C20H24N4O2/c1-23(12-14-5-7-16(26-2)8-6-14)13-15-10-17-19(21-11-15)24-9-3-4-18(24)20(25)22-17/h5-8,10-11,18H,3-4,9,12-13H2,1-2H3,(H,22,25)/t18-/m0/s1. The minimum atomic E-state index is -0.0430. The summed E-state index contributed by atoms with van der Waals surface area (Å²) in [6, 6.07) is 10.1. The zero-order valence-corrected chi connectivity index (χ0v) is 15.2. The van der Waals surface area contributed by atoms with Crippen LogP contribution in [-0.4, -0.2) is 42.5 Å². The molecule has 0 spiro atoms. The highest BCUT2D eigenvalue weighted by Gasteiger charge is 2.37. The summed E-state index contributed by atoms with van der Waals surface area (Å²) in [5, 5.41) is 3.03. The van der Waals surface area contributed by atoms with Crippen LogP contribution in [0.1, 0.15) is 24.0 Å². The lowest BCUT2D eigenvalue weighted by molar-refractivity contribution is -0.117. The minimum absolute atomic E-state index is 0.0430. The molecule has 0 bridgehead atoms. The van der Waals surface area contributed by atoms with Crippen LogP contribution in [-0.2, 0) is 17.9 Å². The second-order valence-electron chi connectivity index (χ2n) is 7.08. The van der Waals surface area contributed by atoms with E-state index in [1.165, 1.54) is 5.56 Å². The number of nitrogens with one attached hydrogen (secondary N) is 1. The summed E-state index contributed by atoms with van der Waals surface area (Å²) in [6.07, 6.45) is 3.89. The molecule has 136 valence electrons. The molecule has 6 heteroatoms. The summed E-state index contributed by atoms with van der Waals surface area (Å²) < 4.78 is 5.20. The van der Waals surface area contributed by atoms with Crippen molar-refractivity contribution in [3.05, 3.63) is 47.7 Å². The number of anilines is 2. The van der Waals surface area contributed by atoms with E-state index in [0.717, 1.165) is 55.3 Å². The van der Waals surface area contributed by atoms with E-state index in [0.29, 0.717) is 0 Å². The topological polar surface area (TPSA) is 57.7 Å². The van der Waals surface area contributed by atoms with Crippen molar-refractivity contribution in [3.63, 3.8) is 0 Å². The van der Waals surface area contributed by atoms with Gasteiger partial charge in [0.25, 0.3) is 0 Å². The molecule has 6 nitrogen and oxygen atoms in total. The number of fused-ring (bicyclic) bond motifs is 3. The summed E-state index contributed by atoms with van der Waals surface area (Å²) in [5.74, 6) is 1.88. The lowest BCUT2D eigenvalue weighted by Crippen LogP contribution is -2.44. The first-order chi connectivity index (χ1) is 12.6. The van der Waals surface area contributed by atoms with E-state index in [9.17, 15) is 4.79 Å².